The van der Waals surface area contributed by atoms with Crippen LogP contribution in [0.1, 0.15) is 26.7 Å². The van der Waals surface area contributed by atoms with Crippen LogP contribution in [0.3, 0.4) is 0 Å². The average molecular weight is 216 g/mol. The molecular formula is C9H16N2O4. The highest BCUT2D eigenvalue weighted by Gasteiger charge is 2.14. The summed E-state index contributed by atoms with van der Waals surface area (Å²) < 4.78 is 0. The number of rotatable bonds is 6. The van der Waals surface area contributed by atoms with Gasteiger partial charge < -0.3 is 15.7 Å². The molecule has 1 atom stereocenters. The Hall–Kier alpha value is -1.59. The highest BCUT2D eigenvalue weighted by Crippen LogP contribution is 1.91. The molecule has 0 aromatic carbocycles. The van der Waals surface area contributed by atoms with Crippen molar-refractivity contribution in [3.8, 4) is 0 Å². The summed E-state index contributed by atoms with van der Waals surface area (Å²) in [4.78, 5) is 32.5. The number of carboxylic acid groups (broad SMARTS) is 1. The van der Waals surface area contributed by atoms with Crippen LogP contribution >= 0.6 is 0 Å². The number of carboxylic acids is 1. The van der Waals surface area contributed by atoms with Crippen molar-refractivity contribution < 1.29 is 19.5 Å². The first-order chi connectivity index (χ1) is 6.97. The molecule has 0 bridgehead atoms. The Morgan fingerprint density at radius 2 is 1.73 bits per heavy atom. The second-order valence-electron chi connectivity index (χ2n) is 3.08. The molecule has 0 rings (SSSR count). The van der Waals surface area contributed by atoms with Crippen molar-refractivity contribution in [2.75, 3.05) is 6.54 Å². The van der Waals surface area contributed by atoms with Crippen molar-refractivity contribution in [3.63, 3.8) is 0 Å². The van der Waals surface area contributed by atoms with Crippen LogP contribution in [0.15, 0.2) is 0 Å². The summed E-state index contributed by atoms with van der Waals surface area (Å²) in [7, 11) is 0. The van der Waals surface area contributed by atoms with Crippen molar-refractivity contribution in [2.45, 2.75) is 32.7 Å². The molecule has 0 spiro atoms. The summed E-state index contributed by atoms with van der Waals surface area (Å²) in [6, 6.07) is -0.924. The summed E-state index contributed by atoms with van der Waals surface area (Å²) in [5.74, 6) is -1.74. The minimum atomic E-state index is -1.10. The van der Waals surface area contributed by atoms with E-state index in [-0.39, 0.29) is 18.7 Å². The summed E-state index contributed by atoms with van der Waals surface area (Å²) in [5.41, 5.74) is 0. The van der Waals surface area contributed by atoms with E-state index in [0.29, 0.717) is 6.54 Å². The zero-order valence-electron chi connectivity index (χ0n) is 8.87. The molecule has 0 saturated carbocycles. The van der Waals surface area contributed by atoms with Crippen LogP contribution < -0.4 is 10.6 Å². The highest BCUT2D eigenvalue weighted by molar-refractivity contribution is 5.86. The quantitative estimate of drug-likeness (QED) is 0.557. The van der Waals surface area contributed by atoms with Gasteiger partial charge in [-0.2, -0.15) is 0 Å². The van der Waals surface area contributed by atoms with Crippen LogP contribution in [0, 0.1) is 0 Å². The Morgan fingerprint density at radius 3 is 2.20 bits per heavy atom. The summed E-state index contributed by atoms with van der Waals surface area (Å²) >= 11 is 0. The molecule has 6 nitrogen and oxygen atoms in total. The third-order valence-corrected chi connectivity index (χ3v) is 1.70. The first-order valence-electron chi connectivity index (χ1n) is 4.76. The molecule has 0 aliphatic rings. The minimum absolute atomic E-state index is 0.00343. The van der Waals surface area contributed by atoms with Gasteiger partial charge in [-0.3, -0.25) is 14.4 Å². The Labute approximate surface area is 88.0 Å². The monoisotopic (exact) mass is 216 g/mol. The third kappa shape index (κ3) is 6.48. The fourth-order valence-corrected chi connectivity index (χ4v) is 0.888. The van der Waals surface area contributed by atoms with Crippen LogP contribution in [-0.4, -0.2) is 35.5 Å². The Morgan fingerprint density at radius 1 is 1.20 bits per heavy atom. The Bertz CT molecular complexity index is 252. The third-order valence-electron chi connectivity index (χ3n) is 1.70. The number of carbonyl (C=O) groups excluding carboxylic acids is 2. The van der Waals surface area contributed by atoms with Crippen molar-refractivity contribution in [1.29, 1.82) is 0 Å². The Kier molecular flexibility index (Phi) is 6.08. The van der Waals surface area contributed by atoms with Crippen LogP contribution in [0.2, 0.25) is 0 Å². The van der Waals surface area contributed by atoms with E-state index in [1.807, 2.05) is 0 Å². The molecule has 0 heterocycles. The SMILES string of the molecule is CCNC(=O)CCC(=O)N[C@H](C)C(=O)O. The summed E-state index contributed by atoms with van der Waals surface area (Å²) in [6.45, 7) is 3.67. The van der Waals surface area contributed by atoms with Gasteiger partial charge in [0.25, 0.3) is 0 Å². The number of amides is 2. The van der Waals surface area contributed by atoms with Crippen molar-refractivity contribution in [1.82, 2.24) is 10.6 Å². The fourth-order valence-electron chi connectivity index (χ4n) is 0.888. The lowest BCUT2D eigenvalue weighted by Crippen LogP contribution is -2.38. The molecule has 0 aromatic heterocycles. The van der Waals surface area contributed by atoms with E-state index in [0.717, 1.165) is 0 Å². The van der Waals surface area contributed by atoms with Gasteiger partial charge in [0.2, 0.25) is 11.8 Å². The topological polar surface area (TPSA) is 95.5 Å². The zero-order valence-corrected chi connectivity index (χ0v) is 8.87. The molecule has 0 unspecified atom stereocenters. The number of carbonyl (C=O) groups is 3. The lowest BCUT2D eigenvalue weighted by molar-refractivity contribution is -0.141. The van der Waals surface area contributed by atoms with Gasteiger partial charge in [-0.05, 0) is 13.8 Å². The lowest BCUT2D eigenvalue weighted by Gasteiger charge is -2.08. The Balaban J connectivity index is 3.75. The number of aliphatic carboxylic acids is 1. The van der Waals surface area contributed by atoms with Gasteiger partial charge in [-0.15, -0.1) is 0 Å². The summed E-state index contributed by atoms with van der Waals surface area (Å²) in [6.07, 6.45) is 0.0788. The molecule has 0 fully saturated rings. The van der Waals surface area contributed by atoms with Gasteiger partial charge in [0.05, 0.1) is 0 Å². The van der Waals surface area contributed by atoms with Gasteiger partial charge in [0, 0.05) is 19.4 Å². The minimum Gasteiger partial charge on any atom is -0.480 e. The molecule has 0 saturated heterocycles. The average Bonchev–Trinajstić information content (AvgIpc) is 2.15. The van der Waals surface area contributed by atoms with Crippen molar-refractivity contribution in [3.05, 3.63) is 0 Å². The highest BCUT2D eigenvalue weighted by atomic mass is 16.4. The van der Waals surface area contributed by atoms with Crippen molar-refractivity contribution >= 4 is 17.8 Å². The number of hydrogen-bond acceptors (Lipinski definition) is 3. The fraction of sp³-hybridized carbons (Fsp3) is 0.667. The van der Waals surface area contributed by atoms with E-state index < -0.39 is 17.9 Å². The molecule has 15 heavy (non-hydrogen) atoms. The van der Waals surface area contributed by atoms with Crippen molar-refractivity contribution in [2.24, 2.45) is 0 Å². The van der Waals surface area contributed by atoms with E-state index in [2.05, 4.69) is 10.6 Å². The van der Waals surface area contributed by atoms with Gasteiger partial charge >= 0.3 is 5.97 Å². The predicted octanol–water partition coefficient (Wildman–Crippen LogP) is -0.508. The van der Waals surface area contributed by atoms with Gasteiger partial charge in [-0.25, -0.2) is 0 Å². The maximum Gasteiger partial charge on any atom is 0.325 e. The predicted molar refractivity (Wildman–Crippen MR) is 53.2 cm³/mol. The molecule has 3 N–H and O–H groups in total. The molecule has 6 heteroatoms. The summed E-state index contributed by atoms with van der Waals surface area (Å²) in [5, 5.41) is 13.3. The number of nitrogens with one attached hydrogen (secondary N) is 2. The van der Waals surface area contributed by atoms with Crippen LogP contribution in [0.5, 0.6) is 0 Å². The zero-order chi connectivity index (χ0) is 11.8. The molecule has 0 aliphatic heterocycles. The van der Waals surface area contributed by atoms with E-state index in [1.165, 1.54) is 6.92 Å². The molecule has 0 aromatic rings. The maximum absolute atomic E-state index is 11.1. The van der Waals surface area contributed by atoms with Crippen LogP contribution in [-0.2, 0) is 14.4 Å². The molecule has 0 aliphatic carbocycles. The standard InChI is InChI=1S/C9H16N2O4/c1-3-10-7(12)4-5-8(13)11-6(2)9(14)15/h6H,3-5H2,1-2H3,(H,10,12)(H,11,13)(H,14,15)/t6-/m1/s1. The maximum atomic E-state index is 11.1. The second-order valence-corrected chi connectivity index (χ2v) is 3.08. The smallest absolute Gasteiger partial charge is 0.325 e. The lowest BCUT2D eigenvalue weighted by atomic mass is 10.2. The van der Waals surface area contributed by atoms with Crippen LogP contribution in [0.4, 0.5) is 0 Å². The molecule has 86 valence electrons. The number of hydrogen-bond donors (Lipinski definition) is 3. The van der Waals surface area contributed by atoms with E-state index in [1.54, 1.807) is 6.92 Å². The van der Waals surface area contributed by atoms with E-state index in [9.17, 15) is 14.4 Å². The largest absolute Gasteiger partial charge is 0.480 e. The molecular weight excluding hydrogens is 200 g/mol. The second kappa shape index (κ2) is 6.80. The van der Waals surface area contributed by atoms with E-state index in [4.69, 9.17) is 5.11 Å². The normalized spacial score (nSPS) is 11.6. The van der Waals surface area contributed by atoms with E-state index >= 15 is 0 Å². The van der Waals surface area contributed by atoms with Gasteiger partial charge in [-0.1, -0.05) is 0 Å². The van der Waals surface area contributed by atoms with Crippen LogP contribution in [0.25, 0.3) is 0 Å². The van der Waals surface area contributed by atoms with Gasteiger partial charge in [0.1, 0.15) is 6.04 Å². The molecule has 2 amide bonds. The van der Waals surface area contributed by atoms with Gasteiger partial charge in [0.15, 0.2) is 0 Å². The first-order valence-corrected chi connectivity index (χ1v) is 4.76. The first kappa shape index (κ1) is 13.4. The molecule has 0 radical (unpaired) electrons.